The number of halogens is 1. The predicted octanol–water partition coefficient (Wildman–Crippen LogP) is 2.84. The van der Waals surface area contributed by atoms with Gasteiger partial charge in [0.2, 0.25) is 0 Å². The average molecular weight is 359 g/mol. The van der Waals surface area contributed by atoms with E-state index in [9.17, 15) is 13.2 Å². The number of rotatable bonds is 5. The van der Waals surface area contributed by atoms with E-state index in [0.717, 1.165) is 18.4 Å². The molecule has 2 N–H and O–H groups in total. The van der Waals surface area contributed by atoms with Crippen molar-refractivity contribution in [3.05, 3.63) is 34.9 Å². The van der Waals surface area contributed by atoms with Gasteiger partial charge in [-0.05, 0) is 37.0 Å². The van der Waals surface area contributed by atoms with Crippen molar-refractivity contribution in [1.82, 2.24) is 10.6 Å². The fraction of sp³-hybridized carbons (Fsp3) is 0.562. The highest BCUT2D eigenvalue weighted by atomic mass is 35.5. The summed E-state index contributed by atoms with van der Waals surface area (Å²) in [6.45, 7) is 4.02. The van der Waals surface area contributed by atoms with Crippen LogP contribution in [0.3, 0.4) is 0 Å². The maximum Gasteiger partial charge on any atom is 0.315 e. The van der Waals surface area contributed by atoms with Crippen LogP contribution >= 0.6 is 11.6 Å². The molecule has 0 radical (unpaired) electrons. The van der Waals surface area contributed by atoms with Crippen molar-refractivity contribution >= 4 is 27.5 Å². The van der Waals surface area contributed by atoms with Crippen LogP contribution in [0.25, 0.3) is 0 Å². The highest BCUT2D eigenvalue weighted by molar-refractivity contribution is 7.91. The minimum absolute atomic E-state index is 0.0205. The van der Waals surface area contributed by atoms with E-state index in [0.29, 0.717) is 11.4 Å². The molecule has 1 heterocycles. The molecule has 2 amide bonds. The number of urea groups is 1. The van der Waals surface area contributed by atoms with Gasteiger partial charge in [0.05, 0.1) is 17.0 Å². The van der Waals surface area contributed by atoms with Crippen molar-refractivity contribution in [1.29, 1.82) is 0 Å². The summed E-state index contributed by atoms with van der Waals surface area (Å²) in [5, 5.41) is 6.46. The van der Waals surface area contributed by atoms with Crippen LogP contribution in [0, 0.1) is 0 Å². The summed E-state index contributed by atoms with van der Waals surface area (Å²) in [4.78, 5) is 12.3. The fourth-order valence-electron chi connectivity index (χ4n) is 3.02. The van der Waals surface area contributed by atoms with Gasteiger partial charge in [0.15, 0.2) is 9.84 Å². The number of benzene rings is 1. The summed E-state index contributed by atoms with van der Waals surface area (Å²) in [7, 11) is -3.01. The molecule has 0 saturated carbocycles. The van der Waals surface area contributed by atoms with Crippen molar-refractivity contribution in [2.45, 2.75) is 44.7 Å². The third kappa shape index (κ3) is 4.38. The highest BCUT2D eigenvalue weighted by Gasteiger charge is 2.33. The van der Waals surface area contributed by atoms with Crippen LogP contribution in [0.4, 0.5) is 4.79 Å². The van der Waals surface area contributed by atoms with Crippen LogP contribution < -0.4 is 10.6 Å². The Labute approximate surface area is 142 Å². The molecule has 0 aromatic heterocycles. The zero-order valence-corrected chi connectivity index (χ0v) is 15.0. The van der Waals surface area contributed by atoms with Gasteiger partial charge < -0.3 is 10.6 Å². The van der Waals surface area contributed by atoms with Gasteiger partial charge in [0.1, 0.15) is 0 Å². The second-order valence-corrected chi connectivity index (χ2v) is 8.66. The number of amides is 2. The van der Waals surface area contributed by atoms with Gasteiger partial charge in [-0.3, -0.25) is 0 Å². The Hall–Kier alpha value is -1.27. The summed E-state index contributed by atoms with van der Waals surface area (Å²) in [5.41, 5.74) is 0.493. The lowest BCUT2D eigenvalue weighted by atomic mass is 9.85. The molecule has 1 saturated heterocycles. The normalized spacial score (nSPS) is 20.2. The van der Waals surface area contributed by atoms with Crippen LogP contribution in [0.5, 0.6) is 0 Å². The number of sulfone groups is 1. The maximum atomic E-state index is 12.3. The molecule has 7 heteroatoms. The second-order valence-electron chi connectivity index (χ2n) is 5.99. The second kappa shape index (κ2) is 7.09. The third-order valence-electron chi connectivity index (χ3n) is 4.52. The molecule has 2 rings (SSSR count). The van der Waals surface area contributed by atoms with E-state index in [-0.39, 0.29) is 23.6 Å². The van der Waals surface area contributed by atoms with E-state index in [4.69, 9.17) is 11.6 Å². The number of carbonyl (C=O) groups is 1. The molecule has 1 fully saturated rings. The van der Waals surface area contributed by atoms with E-state index >= 15 is 0 Å². The van der Waals surface area contributed by atoms with Gasteiger partial charge in [0.25, 0.3) is 0 Å². The lowest BCUT2D eigenvalue weighted by Crippen LogP contribution is -2.52. The molecule has 128 valence electrons. The van der Waals surface area contributed by atoms with Gasteiger partial charge in [-0.15, -0.1) is 0 Å². The highest BCUT2D eigenvalue weighted by Crippen LogP contribution is 2.29. The van der Waals surface area contributed by atoms with Crippen molar-refractivity contribution in [3.8, 4) is 0 Å². The number of carbonyl (C=O) groups excluding carboxylic acids is 1. The molecule has 1 aliphatic heterocycles. The third-order valence-corrected chi connectivity index (χ3v) is 6.54. The first kappa shape index (κ1) is 18.1. The van der Waals surface area contributed by atoms with Gasteiger partial charge in [0, 0.05) is 11.1 Å². The summed E-state index contributed by atoms with van der Waals surface area (Å²) < 4.78 is 23.0. The first-order chi connectivity index (χ1) is 10.8. The van der Waals surface area contributed by atoms with E-state index < -0.39 is 15.4 Å². The largest absolute Gasteiger partial charge is 0.334 e. The summed E-state index contributed by atoms with van der Waals surface area (Å²) in [5.74, 6) is 0.161. The Morgan fingerprint density at radius 3 is 2.35 bits per heavy atom. The summed E-state index contributed by atoms with van der Waals surface area (Å²) in [6.07, 6.45) is 1.92. The van der Waals surface area contributed by atoms with Crippen LogP contribution in [-0.2, 0) is 15.4 Å². The van der Waals surface area contributed by atoms with E-state index in [1.807, 2.05) is 26.0 Å². The number of nitrogens with one attached hydrogen (secondary N) is 2. The smallest absolute Gasteiger partial charge is 0.315 e. The van der Waals surface area contributed by atoms with Crippen LogP contribution in [0.15, 0.2) is 24.3 Å². The zero-order valence-electron chi connectivity index (χ0n) is 13.4. The van der Waals surface area contributed by atoms with E-state index in [1.54, 1.807) is 12.1 Å². The van der Waals surface area contributed by atoms with Crippen LogP contribution in [0.1, 0.15) is 38.7 Å². The van der Waals surface area contributed by atoms with E-state index in [1.165, 1.54) is 0 Å². The molecule has 1 atom stereocenters. The van der Waals surface area contributed by atoms with Gasteiger partial charge in [-0.2, -0.15) is 0 Å². The Bertz CT molecular complexity index is 654. The molecule has 1 aromatic rings. The minimum atomic E-state index is -3.01. The maximum absolute atomic E-state index is 12.3. The van der Waals surface area contributed by atoms with Gasteiger partial charge in [-0.1, -0.05) is 37.6 Å². The van der Waals surface area contributed by atoms with Crippen LogP contribution in [-0.4, -0.2) is 32.0 Å². The SMILES string of the molecule is CCC(CC)(NC(=O)NC1CCS(=O)(=O)C1)c1ccc(Cl)cc1. The minimum Gasteiger partial charge on any atom is -0.334 e. The van der Waals surface area contributed by atoms with Crippen molar-refractivity contribution < 1.29 is 13.2 Å². The topological polar surface area (TPSA) is 75.3 Å². The Balaban J connectivity index is 2.09. The predicted molar refractivity (Wildman–Crippen MR) is 92.4 cm³/mol. The Kier molecular flexibility index (Phi) is 5.57. The van der Waals surface area contributed by atoms with Crippen molar-refractivity contribution in [3.63, 3.8) is 0 Å². The quantitative estimate of drug-likeness (QED) is 0.849. The first-order valence-electron chi connectivity index (χ1n) is 7.85. The molecule has 23 heavy (non-hydrogen) atoms. The Morgan fingerprint density at radius 2 is 1.87 bits per heavy atom. The molecule has 1 unspecified atom stereocenters. The lowest BCUT2D eigenvalue weighted by Gasteiger charge is -2.34. The Morgan fingerprint density at radius 1 is 1.26 bits per heavy atom. The van der Waals surface area contributed by atoms with Gasteiger partial charge >= 0.3 is 6.03 Å². The van der Waals surface area contributed by atoms with Crippen LogP contribution in [0.2, 0.25) is 5.02 Å². The van der Waals surface area contributed by atoms with Crippen molar-refractivity contribution in [2.75, 3.05) is 11.5 Å². The standard InChI is InChI=1S/C16H23ClN2O3S/c1-3-16(4-2,12-5-7-13(17)8-6-12)19-15(20)18-14-9-10-23(21,22)11-14/h5-8,14H,3-4,9-11H2,1-2H3,(H2,18,19,20). The lowest BCUT2D eigenvalue weighted by molar-refractivity contribution is 0.217. The van der Waals surface area contributed by atoms with E-state index in [2.05, 4.69) is 10.6 Å². The molecule has 5 nitrogen and oxygen atoms in total. The van der Waals surface area contributed by atoms with Gasteiger partial charge in [-0.25, -0.2) is 13.2 Å². The zero-order chi connectivity index (χ0) is 17.1. The fourth-order valence-corrected chi connectivity index (χ4v) is 4.82. The van der Waals surface area contributed by atoms with Crippen molar-refractivity contribution in [2.24, 2.45) is 0 Å². The molecular weight excluding hydrogens is 336 g/mol. The average Bonchev–Trinajstić information content (AvgIpc) is 2.84. The molecule has 0 spiro atoms. The number of hydrogen-bond donors (Lipinski definition) is 2. The summed E-state index contributed by atoms with van der Waals surface area (Å²) >= 11 is 5.94. The molecule has 0 bridgehead atoms. The molecule has 0 aliphatic carbocycles. The molecular formula is C16H23ClN2O3S. The number of hydrogen-bond acceptors (Lipinski definition) is 3. The first-order valence-corrected chi connectivity index (χ1v) is 10.1. The summed E-state index contributed by atoms with van der Waals surface area (Å²) in [6, 6.07) is 6.80. The molecule has 1 aliphatic rings. The monoisotopic (exact) mass is 358 g/mol. The molecule has 1 aromatic carbocycles.